The SMILES string of the molecule is COC(=O)c1c(OCc2cccnc2)cc(=O)n2c1CCN(Cc1ccc(OC)cc1F)CC2. The first kappa shape index (κ1) is 23.4. The van der Waals surface area contributed by atoms with Crippen molar-refractivity contribution in [3.05, 3.63) is 87.3 Å². The van der Waals surface area contributed by atoms with Crippen LogP contribution in [0, 0.1) is 5.82 Å². The molecule has 0 saturated heterocycles. The fourth-order valence-corrected chi connectivity index (χ4v) is 4.06. The molecule has 1 aliphatic rings. The lowest BCUT2D eigenvalue weighted by molar-refractivity contribution is 0.0592. The molecule has 0 N–H and O–H groups in total. The second kappa shape index (κ2) is 10.5. The van der Waals surface area contributed by atoms with Crippen LogP contribution in [0.5, 0.6) is 11.5 Å². The monoisotopic (exact) mass is 467 g/mol. The van der Waals surface area contributed by atoms with E-state index in [1.54, 1.807) is 35.2 Å². The van der Waals surface area contributed by atoms with Gasteiger partial charge in [-0.05, 0) is 12.1 Å². The van der Waals surface area contributed by atoms with E-state index in [9.17, 15) is 14.0 Å². The molecule has 0 saturated carbocycles. The van der Waals surface area contributed by atoms with Gasteiger partial charge >= 0.3 is 5.97 Å². The minimum absolute atomic E-state index is 0.156. The number of esters is 1. The molecule has 0 aliphatic carbocycles. The molecule has 4 rings (SSSR count). The fourth-order valence-electron chi connectivity index (χ4n) is 4.06. The fraction of sp³-hybridized carbons (Fsp3) is 0.320. The Balaban J connectivity index is 1.59. The summed E-state index contributed by atoms with van der Waals surface area (Å²) in [5.41, 5.74) is 1.87. The summed E-state index contributed by atoms with van der Waals surface area (Å²) in [6.07, 6.45) is 3.72. The number of halogens is 1. The molecule has 34 heavy (non-hydrogen) atoms. The van der Waals surface area contributed by atoms with Crippen molar-refractivity contribution in [2.75, 3.05) is 27.3 Å². The van der Waals surface area contributed by atoms with E-state index in [0.717, 1.165) is 5.56 Å². The summed E-state index contributed by atoms with van der Waals surface area (Å²) in [7, 11) is 2.79. The van der Waals surface area contributed by atoms with E-state index in [4.69, 9.17) is 14.2 Å². The third-order valence-electron chi connectivity index (χ3n) is 5.85. The van der Waals surface area contributed by atoms with Crippen molar-refractivity contribution in [2.24, 2.45) is 0 Å². The molecule has 0 amide bonds. The highest BCUT2D eigenvalue weighted by Crippen LogP contribution is 2.26. The summed E-state index contributed by atoms with van der Waals surface area (Å²) in [4.78, 5) is 31.7. The molecule has 2 aromatic heterocycles. The Labute approximate surface area is 196 Å². The topological polar surface area (TPSA) is 82.9 Å². The van der Waals surface area contributed by atoms with E-state index in [0.29, 0.717) is 49.6 Å². The molecule has 0 unspecified atom stereocenters. The van der Waals surface area contributed by atoms with Crippen molar-refractivity contribution in [3.63, 3.8) is 0 Å². The van der Waals surface area contributed by atoms with Crippen LogP contribution < -0.4 is 15.0 Å². The van der Waals surface area contributed by atoms with Gasteiger partial charge in [0.05, 0.1) is 14.2 Å². The van der Waals surface area contributed by atoms with E-state index < -0.39 is 5.97 Å². The maximum absolute atomic E-state index is 14.5. The molecular weight excluding hydrogens is 441 g/mol. The van der Waals surface area contributed by atoms with E-state index in [1.165, 1.54) is 26.4 Å². The lowest BCUT2D eigenvalue weighted by Crippen LogP contribution is -2.29. The smallest absolute Gasteiger partial charge is 0.343 e. The standard InChI is InChI=1S/C25H26FN3O5/c1-32-19-6-5-18(20(26)12-19)15-28-9-7-21-24(25(31)33-2)22(13-23(30)29(21)11-10-28)34-16-17-4-3-8-27-14-17/h3-6,8,12-14H,7,9-11,15-16H2,1-2H3. The molecule has 1 aliphatic heterocycles. The second-order valence-electron chi connectivity index (χ2n) is 7.95. The van der Waals surface area contributed by atoms with E-state index in [-0.39, 0.29) is 29.3 Å². The number of nitrogens with zero attached hydrogens (tertiary/aromatic N) is 3. The van der Waals surface area contributed by atoms with Gasteiger partial charge in [-0.15, -0.1) is 0 Å². The predicted molar refractivity (Wildman–Crippen MR) is 123 cm³/mol. The van der Waals surface area contributed by atoms with Crippen LogP contribution in [0.2, 0.25) is 0 Å². The highest BCUT2D eigenvalue weighted by atomic mass is 19.1. The van der Waals surface area contributed by atoms with Gasteiger partial charge < -0.3 is 18.8 Å². The van der Waals surface area contributed by atoms with Crippen LogP contribution in [-0.2, 0) is 30.9 Å². The van der Waals surface area contributed by atoms with E-state index in [2.05, 4.69) is 9.88 Å². The van der Waals surface area contributed by atoms with Crippen LogP contribution in [0.4, 0.5) is 4.39 Å². The van der Waals surface area contributed by atoms with Gasteiger partial charge in [-0.3, -0.25) is 14.7 Å². The summed E-state index contributed by atoms with van der Waals surface area (Å²) in [5.74, 6) is -0.279. The molecule has 3 aromatic rings. The number of carbonyl (C=O) groups is 1. The van der Waals surface area contributed by atoms with Crippen LogP contribution in [0.15, 0.2) is 53.6 Å². The van der Waals surface area contributed by atoms with Gasteiger partial charge in [0.2, 0.25) is 0 Å². The minimum Gasteiger partial charge on any atom is -0.497 e. The van der Waals surface area contributed by atoms with Crippen molar-refractivity contribution >= 4 is 5.97 Å². The third kappa shape index (κ3) is 5.09. The number of carbonyl (C=O) groups excluding carboxylic acids is 1. The zero-order valence-corrected chi connectivity index (χ0v) is 19.1. The Hall–Kier alpha value is -3.72. The summed E-state index contributed by atoms with van der Waals surface area (Å²) in [6, 6.07) is 9.72. The largest absolute Gasteiger partial charge is 0.497 e. The zero-order chi connectivity index (χ0) is 24.1. The predicted octanol–water partition coefficient (Wildman–Crippen LogP) is 2.81. The van der Waals surface area contributed by atoms with Crippen LogP contribution in [-0.4, -0.2) is 47.7 Å². The number of fused-ring (bicyclic) bond motifs is 1. The molecule has 1 aromatic carbocycles. The molecule has 9 heteroatoms. The van der Waals surface area contributed by atoms with E-state index >= 15 is 0 Å². The van der Waals surface area contributed by atoms with Crippen LogP contribution in [0.25, 0.3) is 0 Å². The van der Waals surface area contributed by atoms with Gasteiger partial charge in [0.15, 0.2) is 0 Å². The Kier molecular flexibility index (Phi) is 7.22. The minimum atomic E-state index is -0.570. The number of rotatable bonds is 7. The number of aromatic nitrogens is 2. The molecule has 0 atom stereocenters. The number of methoxy groups -OCH3 is 2. The molecule has 3 heterocycles. The van der Waals surface area contributed by atoms with Crippen molar-refractivity contribution in [1.82, 2.24) is 14.5 Å². The maximum atomic E-state index is 14.5. The number of ether oxygens (including phenoxy) is 3. The second-order valence-corrected chi connectivity index (χ2v) is 7.95. The molecule has 0 fully saturated rings. The molecule has 0 bridgehead atoms. The first-order chi connectivity index (χ1) is 16.5. The first-order valence-electron chi connectivity index (χ1n) is 10.9. The molecule has 0 radical (unpaired) electrons. The molecule has 8 nitrogen and oxygen atoms in total. The zero-order valence-electron chi connectivity index (χ0n) is 19.1. The Morgan fingerprint density at radius 2 is 2.00 bits per heavy atom. The van der Waals surface area contributed by atoms with Gasteiger partial charge in [-0.1, -0.05) is 12.1 Å². The molecule has 178 valence electrons. The normalized spacial score (nSPS) is 13.6. The van der Waals surface area contributed by atoms with Crippen molar-refractivity contribution in [1.29, 1.82) is 0 Å². The van der Waals surface area contributed by atoms with Crippen molar-refractivity contribution < 1.29 is 23.4 Å². The number of pyridine rings is 2. The molecular formula is C25H26FN3O5. The van der Waals surface area contributed by atoms with Gasteiger partial charge in [-0.25, -0.2) is 9.18 Å². The lowest BCUT2D eigenvalue weighted by atomic mass is 10.1. The van der Waals surface area contributed by atoms with Crippen molar-refractivity contribution in [2.45, 2.75) is 26.1 Å². The summed E-state index contributed by atoms with van der Waals surface area (Å²) >= 11 is 0. The van der Waals surface area contributed by atoms with Crippen LogP contribution >= 0.6 is 0 Å². The van der Waals surface area contributed by atoms with E-state index in [1.807, 2.05) is 6.07 Å². The summed E-state index contributed by atoms with van der Waals surface area (Å²) in [6.45, 7) is 1.94. The highest BCUT2D eigenvalue weighted by Gasteiger charge is 2.26. The highest BCUT2D eigenvalue weighted by molar-refractivity contribution is 5.93. The number of hydrogen-bond acceptors (Lipinski definition) is 7. The summed E-state index contributed by atoms with van der Waals surface area (Å²) in [5, 5.41) is 0. The average molecular weight is 467 g/mol. The average Bonchev–Trinajstić information content (AvgIpc) is 3.07. The molecule has 0 spiro atoms. The van der Waals surface area contributed by atoms with Crippen LogP contribution in [0.3, 0.4) is 0 Å². The Morgan fingerprint density at radius 3 is 2.71 bits per heavy atom. The maximum Gasteiger partial charge on any atom is 0.343 e. The first-order valence-corrected chi connectivity index (χ1v) is 10.9. The van der Waals surface area contributed by atoms with Gasteiger partial charge in [0, 0.05) is 73.9 Å². The van der Waals surface area contributed by atoms with Crippen molar-refractivity contribution in [3.8, 4) is 11.5 Å². The Bertz CT molecular complexity index is 1230. The quantitative estimate of drug-likeness (QED) is 0.494. The number of benzene rings is 1. The Morgan fingerprint density at radius 1 is 1.15 bits per heavy atom. The van der Waals surface area contributed by atoms with Gasteiger partial charge in [-0.2, -0.15) is 0 Å². The van der Waals surface area contributed by atoms with Gasteiger partial charge in [0.25, 0.3) is 5.56 Å². The summed E-state index contributed by atoms with van der Waals surface area (Å²) < 4.78 is 32.0. The van der Waals surface area contributed by atoms with Gasteiger partial charge in [0.1, 0.15) is 29.5 Å². The lowest BCUT2D eigenvalue weighted by Gasteiger charge is -2.20. The van der Waals surface area contributed by atoms with Crippen LogP contribution in [0.1, 0.15) is 27.2 Å². The number of hydrogen-bond donors (Lipinski definition) is 0. The third-order valence-corrected chi connectivity index (χ3v) is 5.85.